The Labute approximate surface area is 130 Å². The predicted molar refractivity (Wildman–Crippen MR) is 90.9 cm³/mol. The molecule has 0 heterocycles. The van der Waals surface area contributed by atoms with Gasteiger partial charge in [0, 0.05) is 6.04 Å². The average molecular weight is 285 g/mol. The monoisotopic (exact) mass is 285 g/mol. The highest BCUT2D eigenvalue weighted by atomic mass is 15.1. The summed E-state index contributed by atoms with van der Waals surface area (Å²) in [5.41, 5.74) is 5.32. The number of hydrogen-bond donors (Lipinski definition) is 0. The Balaban J connectivity index is 2.14. The van der Waals surface area contributed by atoms with Crippen LogP contribution in [0.2, 0.25) is 0 Å². The maximum Gasteiger partial charge on any atom is 0.0166 e. The summed E-state index contributed by atoms with van der Waals surface area (Å²) in [7, 11) is 4.57. The molecular formula is C20H31N. The third kappa shape index (κ3) is 2.34. The Morgan fingerprint density at radius 1 is 1.19 bits per heavy atom. The topological polar surface area (TPSA) is 3.24 Å². The highest BCUT2D eigenvalue weighted by molar-refractivity contribution is 5.42. The van der Waals surface area contributed by atoms with Crippen molar-refractivity contribution >= 4 is 0 Å². The molecule has 3 atom stereocenters. The number of likely N-dealkylation sites (N-methyl/N-ethyl adjacent to an activating group) is 1. The summed E-state index contributed by atoms with van der Waals surface area (Å²) in [4.78, 5) is 2.50. The van der Waals surface area contributed by atoms with E-state index in [4.69, 9.17) is 0 Å². The standard InChI is InChI=1S/C20H31N/c1-5-15-10-11-16-14-19(21(3)4)17-9-7-8-12-20(17,6-2)18(16)13-15/h10-11,13,17,19H,5-9,12,14H2,1-4H3. The fourth-order valence-corrected chi connectivity index (χ4v) is 5.19. The Bertz CT molecular complexity index is 505. The van der Waals surface area contributed by atoms with Gasteiger partial charge in [-0.05, 0) is 74.2 Å². The van der Waals surface area contributed by atoms with Crippen LogP contribution in [-0.4, -0.2) is 25.0 Å². The molecule has 1 heteroatoms. The minimum absolute atomic E-state index is 0.450. The van der Waals surface area contributed by atoms with Crippen molar-refractivity contribution in [2.45, 2.75) is 70.3 Å². The van der Waals surface area contributed by atoms with Crippen molar-refractivity contribution in [1.82, 2.24) is 4.90 Å². The van der Waals surface area contributed by atoms with Gasteiger partial charge in [-0.1, -0.05) is 44.9 Å². The Morgan fingerprint density at radius 2 is 2.00 bits per heavy atom. The van der Waals surface area contributed by atoms with Crippen LogP contribution in [0, 0.1) is 5.92 Å². The molecular weight excluding hydrogens is 254 g/mol. The fraction of sp³-hybridized carbons (Fsp3) is 0.700. The molecule has 0 radical (unpaired) electrons. The summed E-state index contributed by atoms with van der Waals surface area (Å²) in [6.07, 6.45) is 9.39. The first kappa shape index (κ1) is 15.1. The lowest BCUT2D eigenvalue weighted by molar-refractivity contribution is 0.0682. The molecule has 0 spiro atoms. The molecule has 1 fully saturated rings. The number of benzene rings is 1. The van der Waals surface area contributed by atoms with Crippen LogP contribution in [0.3, 0.4) is 0 Å². The molecule has 0 saturated heterocycles. The second-order valence-corrected chi connectivity index (χ2v) is 7.44. The van der Waals surface area contributed by atoms with Gasteiger partial charge in [0.15, 0.2) is 0 Å². The van der Waals surface area contributed by atoms with Gasteiger partial charge in [0.05, 0.1) is 0 Å². The molecule has 2 aliphatic carbocycles. The van der Waals surface area contributed by atoms with Crippen LogP contribution in [0.5, 0.6) is 0 Å². The maximum atomic E-state index is 2.56. The molecule has 0 aliphatic heterocycles. The second-order valence-electron chi connectivity index (χ2n) is 7.44. The lowest BCUT2D eigenvalue weighted by atomic mass is 9.54. The number of fused-ring (bicyclic) bond motifs is 3. The summed E-state index contributed by atoms with van der Waals surface area (Å²) in [5, 5.41) is 0. The van der Waals surface area contributed by atoms with E-state index >= 15 is 0 Å². The third-order valence-corrected chi connectivity index (χ3v) is 6.40. The summed E-state index contributed by atoms with van der Waals surface area (Å²) < 4.78 is 0. The van der Waals surface area contributed by atoms with Gasteiger partial charge in [-0.2, -0.15) is 0 Å². The largest absolute Gasteiger partial charge is 0.306 e. The van der Waals surface area contributed by atoms with Crippen LogP contribution in [-0.2, 0) is 18.3 Å². The Kier molecular flexibility index (Phi) is 4.14. The number of nitrogens with zero attached hydrogens (tertiary/aromatic N) is 1. The van der Waals surface area contributed by atoms with E-state index < -0.39 is 0 Å². The molecule has 21 heavy (non-hydrogen) atoms. The average Bonchev–Trinajstić information content (AvgIpc) is 2.53. The molecule has 0 amide bonds. The van der Waals surface area contributed by atoms with Gasteiger partial charge in [-0.3, -0.25) is 0 Å². The summed E-state index contributed by atoms with van der Waals surface area (Å²) >= 11 is 0. The molecule has 1 aromatic rings. The van der Waals surface area contributed by atoms with Gasteiger partial charge in [0.1, 0.15) is 0 Å². The number of hydrogen-bond acceptors (Lipinski definition) is 1. The Morgan fingerprint density at radius 3 is 2.67 bits per heavy atom. The molecule has 0 bridgehead atoms. The van der Waals surface area contributed by atoms with Gasteiger partial charge in [-0.25, -0.2) is 0 Å². The van der Waals surface area contributed by atoms with Crippen LogP contribution < -0.4 is 0 Å². The van der Waals surface area contributed by atoms with E-state index in [1.165, 1.54) is 44.1 Å². The van der Waals surface area contributed by atoms with Crippen molar-refractivity contribution in [3.05, 3.63) is 34.9 Å². The second kappa shape index (κ2) is 5.76. The van der Waals surface area contributed by atoms with Gasteiger partial charge in [0.2, 0.25) is 0 Å². The molecule has 1 saturated carbocycles. The van der Waals surface area contributed by atoms with Crippen LogP contribution in [0.15, 0.2) is 18.2 Å². The zero-order valence-electron chi connectivity index (χ0n) is 14.3. The molecule has 1 aromatic carbocycles. The first-order valence-electron chi connectivity index (χ1n) is 8.91. The maximum absolute atomic E-state index is 2.56. The molecule has 3 unspecified atom stereocenters. The zero-order valence-corrected chi connectivity index (χ0v) is 14.3. The molecule has 0 aromatic heterocycles. The van der Waals surface area contributed by atoms with Crippen molar-refractivity contribution in [3.63, 3.8) is 0 Å². The fourth-order valence-electron chi connectivity index (χ4n) is 5.19. The van der Waals surface area contributed by atoms with E-state index in [1.807, 2.05) is 0 Å². The smallest absolute Gasteiger partial charge is 0.0166 e. The molecule has 1 nitrogen and oxygen atoms in total. The van der Waals surface area contributed by atoms with E-state index in [0.717, 1.165) is 18.4 Å². The van der Waals surface area contributed by atoms with E-state index in [0.29, 0.717) is 5.41 Å². The molecule has 3 rings (SSSR count). The molecule has 116 valence electrons. The van der Waals surface area contributed by atoms with Crippen molar-refractivity contribution < 1.29 is 0 Å². The number of rotatable bonds is 3. The van der Waals surface area contributed by atoms with Gasteiger partial charge in [-0.15, -0.1) is 0 Å². The van der Waals surface area contributed by atoms with Crippen LogP contribution in [0.1, 0.15) is 62.6 Å². The van der Waals surface area contributed by atoms with Crippen molar-refractivity contribution in [2.75, 3.05) is 14.1 Å². The molecule has 0 N–H and O–H groups in total. The van der Waals surface area contributed by atoms with E-state index in [2.05, 4.69) is 51.0 Å². The normalized spacial score (nSPS) is 31.9. The van der Waals surface area contributed by atoms with Crippen LogP contribution in [0.4, 0.5) is 0 Å². The summed E-state index contributed by atoms with van der Waals surface area (Å²) in [5.74, 6) is 0.853. The van der Waals surface area contributed by atoms with E-state index in [9.17, 15) is 0 Å². The first-order valence-corrected chi connectivity index (χ1v) is 8.91. The van der Waals surface area contributed by atoms with Gasteiger partial charge >= 0.3 is 0 Å². The minimum Gasteiger partial charge on any atom is -0.306 e. The van der Waals surface area contributed by atoms with Crippen LogP contribution >= 0.6 is 0 Å². The number of aryl methyl sites for hydroxylation is 1. The highest BCUT2D eigenvalue weighted by Crippen LogP contribution is 2.53. The van der Waals surface area contributed by atoms with Crippen molar-refractivity contribution in [3.8, 4) is 0 Å². The first-order chi connectivity index (χ1) is 10.1. The van der Waals surface area contributed by atoms with Gasteiger partial charge in [0.25, 0.3) is 0 Å². The van der Waals surface area contributed by atoms with Crippen molar-refractivity contribution in [1.29, 1.82) is 0 Å². The molecule has 2 aliphatic rings. The lowest BCUT2D eigenvalue weighted by Crippen LogP contribution is -2.53. The quantitative estimate of drug-likeness (QED) is 0.786. The highest BCUT2D eigenvalue weighted by Gasteiger charge is 2.48. The SMILES string of the molecule is CCc1ccc2c(c1)C1(CC)CCCCC1C(N(C)C)C2. The summed E-state index contributed by atoms with van der Waals surface area (Å²) in [6, 6.07) is 8.08. The minimum atomic E-state index is 0.450. The van der Waals surface area contributed by atoms with E-state index in [1.54, 1.807) is 11.1 Å². The predicted octanol–water partition coefficient (Wildman–Crippen LogP) is 4.57. The van der Waals surface area contributed by atoms with Crippen LogP contribution in [0.25, 0.3) is 0 Å². The van der Waals surface area contributed by atoms with E-state index in [-0.39, 0.29) is 0 Å². The zero-order chi connectivity index (χ0) is 15.0. The van der Waals surface area contributed by atoms with Gasteiger partial charge < -0.3 is 4.90 Å². The summed E-state index contributed by atoms with van der Waals surface area (Å²) in [6.45, 7) is 4.71. The Hall–Kier alpha value is -0.820. The lowest BCUT2D eigenvalue weighted by Gasteiger charge is -2.53. The van der Waals surface area contributed by atoms with Crippen molar-refractivity contribution in [2.24, 2.45) is 5.92 Å². The third-order valence-electron chi connectivity index (χ3n) is 6.40.